The number of carbonyl (C=O) groups excluding carboxylic acids is 2. The molecular formula is C14H11ClN4O2S. The molecule has 0 fully saturated rings. The highest BCUT2D eigenvalue weighted by Crippen LogP contribution is 2.35. The molecule has 0 atom stereocenters. The lowest BCUT2D eigenvalue weighted by Gasteiger charge is -2.01. The standard InChI is InChI=1S/C14H11ClN4O2S/c15-11-7(3-4-22-11)6-1-2-8-9(5-6)18-13(19-14(17)21)10(8)12(16)20/h1-5,18H,(H2,16,20)(H3,17,19,21). The molecule has 0 bridgehead atoms. The van der Waals surface area contributed by atoms with Gasteiger partial charge in [-0.3, -0.25) is 10.1 Å². The van der Waals surface area contributed by atoms with Crippen molar-refractivity contribution in [2.45, 2.75) is 0 Å². The number of fused-ring (bicyclic) bond motifs is 1. The zero-order chi connectivity index (χ0) is 15.9. The van der Waals surface area contributed by atoms with Gasteiger partial charge in [-0.15, -0.1) is 11.3 Å². The minimum Gasteiger partial charge on any atom is -0.365 e. The average Bonchev–Trinajstić information content (AvgIpc) is 2.99. The summed E-state index contributed by atoms with van der Waals surface area (Å²) < 4.78 is 0.677. The van der Waals surface area contributed by atoms with Crippen molar-refractivity contribution in [2.75, 3.05) is 5.32 Å². The van der Waals surface area contributed by atoms with E-state index in [2.05, 4.69) is 10.3 Å². The molecule has 0 radical (unpaired) electrons. The van der Waals surface area contributed by atoms with Crippen molar-refractivity contribution >= 4 is 51.6 Å². The van der Waals surface area contributed by atoms with E-state index in [9.17, 15) is 9.59 Å². The number of urea groups is 1. The molecule has 0 aliphatic heterocycles. The van der Waals surface area contributed by atoms with E-state index in [4.69, 9.17) is 23.1 Å². The number of benzene rings is 1. The predicted molar refractivity (Wildman–Crippen MR) is 88.3 cm³/mol. The van der Waals surface area contributed by atoms with Gasteiger partial charge in [0.25, 0.3) is 5.91 Å². The normalized spacial score (nSPS) is 10.8. The van der Waals surface area contributed by atoms with Crippen molar-refractivity contribution < 1.29 is 9.59 Å². The Hall–Kier alpha value is -2.51. The Kier molecular flexibility index (Phi) is 3.51. The number of nitrogens with two attached hydrogens (primary N) is 2. The van der Waals surface area contributed by atoms with Crippen LogP contribution in [0.2, 0.25) is 4.34 Å². The third-order valence-electron chi connectivity index (χ3n) is 3.22. The van der Waals surface area contributed by atoms with E-state index in [-0.39, 0.29) is 11.4 Å². The number of hydrogen-bond donors (Lipinski definition) is 4. The van der Waals surface area contributed by atoms with Gasteiger partial charge >= 0.3 is 6.03 Å². The smallest absolute Gasteiger partial charge is 0.317 e. The van der Waals surface area contributed by atoms with E-state index < -0.39 is 11.9 Å². The molecule has 0 saturated carbocycles. The SMILES string of the molecule is NC(=O)Nc1[nH]c2cc(-c3ccsc3Cl)ccc2c1C(N)=O. The molecule has 22 heavy (non-hydrogen) atoms. The molecule has 8 heteroatoms. The van der Waals surface area contributed by atoms with Crippen molar-refractivity contribution in [1.82, 2.24) is 4.98 Å². The average molecular weight is 335 g/mol. The number of aromatic nitrogens is 1. The van der Waals surface area contributed by atoms with Gasteiger partial charge in [-0.05, 0) is 23.1 Å². The molecule has 0 saturated heterocycles. The summed E-state index contributed by atoms with van der Waals surface area (Å²) >= 11 is 7.58. The Morgan fingerprint density at radius 3 is 2.59 bits per heavy atom. The number of anilines is 1. The third-order valence-corrected chi connectivity index (χ3v) is 4.39. The number of aromatic amines is 1. The molecule has 3 rings (SSSR count). The quantitative estimate of drug-likeness (QED) is 0.589. The highest BCUT2D eigenvalue weighted by atomic mass is 35.5. The van der Waals surface area contributed by atoms with Gasteiger partial charge in [0, 0.05) is 16.5 Å². The second-order valence-corrected chi connectivity index (χ2v) is 6.12. The van der Waals surface area contributed by atoms with Crippen molar-refractivity contribution in [1.29, 1.82) is 0 Å². The zero-order valence-corrected chi connectivity index (χ0v) is 12.7. The van der Waals surface area contributed by atoms with Crippen LogP contribution in [0.3, 0.4) is 0 Å². The van der Waals surface area contributed by atoms with Gasteiger partial charge in [-0.25, -0.2) is 4.79 Å². The predicted octanol–water partition coefficient (Wildman–Crippen LogP) is 3.14. The van der Waals surface area contributed by atoms with Crippen LogP contribution in [-0.2, 0) is 0 Å². The first-order valence-corrected chi connectivity index (χ1v) is 7.48. The van der Waals surface area contributed by atoms with Crippen LogP contribution in [0.5, 0.6) is 0 Å². The second kappa shape index (κ2) is 5.36. The minimum absolute atomic E-state index is 0.184. The molecule has 0 spiro atoms. The summed E-state index contributed by atoms with van der Waals surface area (Å²) in [5.41, 5.74) is 13.1. The summed E-state index contributed by atoms with van der Waals surface area (Å²) in [6, 6.07) is 6.55. The molecule has 6 N–H and O–H groups in total. The summed E-state index contributed by atoms with van der Waals surface area (Å²) in [5.74, 6) is -0.472. The van der Waals surface area contributed by atoms with E-state index >= 15 is 0 Å². The first kappa shape index (κ1) is 14.4. The molecule has 3 aromatic rings. The van der Waals surface area contributed by atoms with Crippen LogP contribution in [-0.4, -0.2) is 16.9 Å². The lowest BCUT2D eigenvalue weighted by Crippen LogP contribution is -2.22. The first-order chi connectivity index (χ1) is 10.5. The highest BCUT2D eigenvalue weighted by Gasteiger charge is 2.18. The van der Waals surface area contributed by atoms with Crippen LogP contribution in [0.25, 0.3) is 22.0 Å². The Morgan fingerprint density at radius 2 is 2.00 bits per heavy atom. The largest absolute Gasteiger partial charge is 0.365 e. The fourth-order valence-electron chi connectivity index (χ4n) is 2.34. The van der Waals surface area contributed by atoms with Gasteiger partial charge in [0.15, 0.2) is 0 Å². The van der Waals surface area contributed by atoms with Gasteiger partial charge in [-0.2, -0.15) is 0 Å². The molecule has 2 aromatic heterocycles. The molecule has 0 aliphatic rings. The molecule has 112 valence electrons. The lowest BCUT2D eigenvalue weighted by atomic mass is 10.1. The molecule has 2 heterocycles. The van der Waals surface area contributed by atoms with Crippen molar-refractivity contribution in [3.8, 4) is 11.1 Å². The molecule has 1 aromatic carbocycles. The minimum atomic E-state index is -0.782. The van der Waals surface area contributed by atoms with Crippen LogP contribution in [0.4, 0.5) is 10.6 Å². The first-order valence-electron chi connectivity index (χ1n) is 6.22. The molecule has 3 amide bonds. The van der Waals surface area contributed by atoms with E-state index in [1.54, 1.807) is 6.07 Å². The summed E-state index contributed by atoms with van der Waals surface area (Å²) in [6.45, 7) is 0. The summed E-state index contributed by atoms with van der Waals surface area (Å²) in [5, 5.41) is 4.87. The fraction of sp³-hybridized carbons (Fsp3) is 0. The number of nitrogens with one attached hydrogen (secondary N) is 2. The van der Waals surface area contributed by atoms with Crippen LogP contribution in [0.15, 0.2) is 29.6 Å². The topological polar surface area (TPSA) is 114 Å². The maximum Gasteiger partial charge on any atom is 0.317 e. The van der Waals surface area contributed by atoms with Gasteiger partial charge in [0.2, 0.25) is 0 Å². The molecular weight excluding hydrogens is 324 g/mol. The second-order valence-electron chi connectivity index (χ2n) is 4.60. The van der Waals surface area contributed by atoms with Crippen molar-refractivity contribution in [3.63, 3.8) is 0 Å². The molecule has 6 nitrogen and oxygen atoms in total. The zero-order valence-electron chi connectivity index (χ0n) is 11.1. The molecule has 0 aliphatic carbocycles. The summed E-state index contributed by atoms with van der Waals surface area (Å²) in [6.07, 6.45) is 0. The maximum atomic E-state index is 11.6. The fourth-order valence-corrected chi connectivity index (χ4v) is 3.30. The summed E-state index contributed by atoms with van der Waals surface area (Å²) in [4.78, 5) is 25.6. The summed E-state index contributed by atoms with van der Waals surface area (Å²) in [7, 11) is 0. The van der Waals surface area contributed by atoms with Crippen LogP contribution < -0.4 is 16.8 Å². The number of H-pyrrole nitrogens is 1. The number of amides is 3. The Labute approximate surface area is 134 Å². The molecule has 0 unspecified atom stereocenters. The Bertz CT molecular complexity index is 900. The highest BCUT2D eigenvalue weighted by molar-refractivity contribution is 7.15. The van der Waals surface area contributed by atoms with E-state index in [1.807, 2.05) is 23.6 Å². The Morgan fingerprint density at radius 1 is 1.23 bits per heavy atom. The third kappa shape index (κ3) is 2.40. The lowest BCUT2D eigenvalue weighted by molar-refractivity contribution is 0.100. The van der Waals surface area contributed by atoms with Crippen LogP contribution in [0, 0.1) is 0 Å². The van der Waals surface area contributed by atoms with Crippen LogP contribution in [0.1, 0.15) is 10.4 Å². The van der Waals surface area contributed by atoms with Gasteiger partial charge in [-0.1, -0.05) is 23.7 Å². The Balaban J connectivity index is 2.19. The monoisotopic (exact) mass is 334 g/mol. The maximum absolute atomic E-state index is 11.6. The van der Waals surface area contributed by atoms with Gasteiger partial charge < -0.3 is 16.5 Å². The van der Waals surface area contributed by atoms with Gasteiger partial charge in [0.1, 0.15) is 10.2 Å². The number of primary amides is 2. The number of halogens is 1. The van der Waals surface area contributed by atoms with E-state index in [1.165, 1.54) is 11.3 Å². The number of carbonyl (C=O) groups is 2. The van der Waals surface area contributed by atoms with Crippen LogP contribution >= 0.6 is 22.9 Å². The number of thiophene rings is 1. The van der Waals surface area contributed by atoms with E-state index in [0.29, 0.717) is 15.2 Å². The van der Waals surface area contributed by atoms with Gasteiger partial charge in [0.05, 0.1) is 5.56 Å². The van der Waals surface area contributed by atoms with Crippen molar-refractivity contribution in [2.24, 2.45) is 11.5 Å². The van der Waals surface area contributed by atoms with Crippen molar-refractivity contribution in [3.05, 3.63) is 39.5 Å². The van der Waals surface area contributed by atoms with E-state index in [0.717, 1.165) is 11.1 Å². The number of rotatable bonds is 3. The number of hydrogen-bond acceptors (Lipinski definition) is 3.